The molecule has 11 nitrogen and oxygen atoms in total. The number of hydrogen-bond donors (Lipinski definition) is 0. The molecule has 0 aromatic heterocycles. The predicted molar refractivity (Wildman–Crippen MR) is 215 cm³/mol. The van der Waals surface area contributed by atoms with E-state index in [0.29, 0.717) is 105 Å². The lowest BCUT2D eigenvalue weighted by Gasteiger charge is -2.51. The van der Waals surface area contributed by atoms with Gasteiger partial charge in [-0.25, -0.2) is 0 Å². The molecule has 6 atom stereocenters. The van der Waals surface area contributed by atoms with E-state index in [1.165, 1.54) is 0 Å². The van der Waals surface area contributed by atoms with E-state index < -0.39 is 24.0 Å². The summed E-state index contributed by atoms with van der Waals surface area (Å²) in [6.45, 7) is 5.18. The van der Waals surface area contributed by atoms with Gasteiger partial charge >= 0.3 is 0 Å². The minimum Gasteiger partial charge on any atom is -0.544 e. The maximum atomic E-state index is 13.1. The molecule has 4 aromatic carbocycles. The molecule has 8 rings (SSSR count). The Bertz CT molecular complexity index is 2170. The van der Waals surface area contributed by atoms with E-state index in [-0.39, 0.29) is 21.0 Å². The second-order valence-corrected chi connectivity index (χ2v) is 16.6. The molecule has 0 spiro atoms. The Balaban J connectivity index is 1.50. The summed E-state index contributed by atoms with van der Waals surface area (Å²) in [5.74, 6) is 1.79. The Morgan fingerprint density at radius 2 is 1.26 bits per heavy atom. The molecule has 308 valence electrons. The van der Waals surface area contributed by atoms with Crippen LogP contribution in [0.1, 0.15) is 85.0 Å². The molecule has 0 fully saturated rings. The molecule has 4 aromatic rings. The molecule has 6 bridgehead atoms. The molecular weight excluding hydrogens is 737 g/mol. The van der Waals surface area contributed by atoms with Gasteiger partial charge in [-0.3, -0.25) is 0 Å². The second-order valence-electron chi connectivity index (χ2n) is 16.6. The first-order valence-corrected chi connectivity index (χ1v) is 20.5. The topological polar surface area (TPSA) is 126 Å². The molecule has 0 amide bonds. The lowest BCUT2D eigenvalue weighted by atomic mass is 9.83. The lowest BCUT2D eigenvalue weighted by molar-refractivity contribution is -0.958. The van der Waals surface area contributed by atoms with Crippen molar-refractivity contribution in [3.05, 3.63) is 100 Å². The van der Waals surface area contributed by atoms with Gasteiger partial charge in [0.15, 0.2) is 23.0 Å². The van der Waals surface area contributed by atoms with Crippen molar-refractivity contribution in [1.29, 1.82) is 0 Å². The number of quaternary nitrogens is 2. The summed E-state index contributed by atoms with van der Waals surface area (Å²) in [5, 5.41) is 26.0. The number of methoxy groups -OCH3 is 3. The normalized spacial score (nSPS) is 23.2. The smallest absolute Gasteiger partial charge is 0.169 e. The lowest BCUT2D eigenvalue weighted by Crippen LogP contribution is -2.63. The van der Waals surface area contributed by atoms with Crippen LogP contribution in [0.25, 0.3) is 0 Å². The summed E-state index contributed by atoms with van der Waals surface area (Å²) in [4.78, 5) is 26.0. The molecule has 4 aliphatic rings. The number of carboxylic acid groups (broad SMARTS) is 2. The number of carboxylic acids is 2. The summed E-state index contributed by atoms with van der Waals surface area (Å²) in [5.41, 5.74) is 5.93. The molecule has 4 heterocycles. The van der Waals surface area contributed by atoms with Crippen LogP contribution >= 0.6 is 0 Å². The van der Waals surface area contributed by atoms with Crippen molar-refractivity contribution in [3.8, 4) is 40.2 Å². The van der Waals surface area contributed by atoms with Gasteiger partial charge in [0.05, 0.1) is 66.0 Å². The number of benzene rings is 4. The molecule has 6 unspecified atom stereocenters. The van der Waals surface area contributed by atoms with Crippen molar-refractivity contribution in [1.82, 2.24) is 0 Å². The van der Waals surface area contributed by atoms with Crippen LogP contribution in [0.2, 0.25) is 0 Å². The van der Waals surface area contributed by atoms with E-state index in [9.17, 15) is 19.8 Å². The Morgan fingerprint density at radius 3 is 1.86 bits per heavy atom. The van der Waals surface area contributed by atoms with Gasteiger partial charge < -0.3 is 52.5 Å². The van der Waals surface area contributed by atoms with Gasteiger partial charge in [-0.1, -0.05) is 44.9 Å². The molecular formula is C47H56N2O9. The molecule has 58 heavy (non-hydrogen) atoms. The molecule has 0 saturated carbocycles. The quantitative estimate of drug-likeness (QED) is 0.168. The van der Waals surface area contributed by atoms with Crippen LogP contribution in [0, 0.1) is 0 Å². The summed E-state index contributed by atoms with van der Waals surface area (Å²) >= 11 is 0. The largest absolute Gasteiger partial charge is 0.544 e. The zero-order valence-corrected chi connectivity index (χ0v) is 34.8. The van der Waals surface area contributed by atoms with Crippen molar-refractivity contribution in [2.45, 2.75) is 89.4 Å². The Hall–Kier alpha value is -5.26. The number of aliphatic carboxylic acids is 2. The Kier molecular flexibility index (Phi) is 11.7. The fraction of sp³-hybridized carbons (Fsp3) is 0.447. The molecule has 4 aliphatic heterocycles. The summed E-state index contributed by atoms with van der Waals surface area (Å²) < 4.78 is 31.8. The number of carbonyl (C=O) groups excluding carboxylic acids is 2. The van der Waals surface area contributed by atoms with Crippen LogP contribution in [0.3, 0.4) is 0 Å². The number of ether oxygens (including phenoxy) is 5. The van der Waals surface area contributed by atoms with E-state index in [4.69, 9.17) is 23.7 Å². The van der Waals surface area contributed by atoms with Crippen molar-refractivity contribution in [2.24, 2.45) is 0 Å². The summed E-state index contributed by atoms with van der Waals surface area (Å²) in [6.07, 6.45) is 4.57. The van der Waals surface area contributed by atoms with Crippen molar-refractivity contribution >= 4 is 11.9 Å². The van der Waals surface area contributed by atoms with Gasteiger partial charge in [-0.2, -0.15) is 0 Å². The highest BCUT2D eigenvalue weighted by Crippen LogP contribution is 2.50. The Morgan fingerprint density at radius 1 is 0.672 bits per heavy atom. The van der Waals surface area contributed by atoms with Crippen LogP contribution in [0.15, 0.2) is 66.7 Å². The highest BCUT2D eigenvalue weighted by molar-refractivity contribution is 5.70. The van der Waals surface area contributed by atoms with Gasteiger partial charge in [-0.05, 0) is 64.7 Å². The van der Waals surface area contributed by atoms with Crippen molar-refractivity contribution in [2.75, 3.05) is 48.5 Å². The minimum absolute atomic E-state index is 0.205. The third-order valence-electron chi connectivity index (χ3n) is 13.3. The number of carbonyl (C=O) groups is 2. The van der Waals surface area contributed by atoms with Crippen LogP contribution < -0.4 is 33.9 Å². The van der Waals surface area contributed by atoms with Gasteiger partial charge in [0.25, 0.3) is 0 Å². The van der Waals surface area contributed by atoms with Gasteiger partial charge in [0, 0.05) is 50.2 Å². The average molecular weight is 793 g/mol. The standard InChI is InChI=1S/C47H56N2O9/c1-8-10-36(46(50)51)48(3)20-18-31-26-41(56-7)43-28-35(31)38(48)22-29-12-15-33(16-13-29)57-42-24-30(14-17-40(42)55-6)23-39-45-32(25-34(54-5)27-44(45)58-43)19-21-49(39,4)37(11-9-2)47(52)53/h12-17,24-28,36-39H,8-11,18-23H2,1-7H3. The molecule has 0 saturated heterocycles. The predicted octanol–water partition coefficient (Wildman–Crippen LogP) is 6.02. The maximum Gasteiger partial charge on any atom is 0.169 e. The summed E-state index contributed by atoms with van der Waals surface area (Å²) in [6, 6.07) is 19.6. The average Bonchev–Trinajstić information content (AvgIpc) is 3.21. The summed E-state index contributed by atoms with van der Waals surface area (Å²) in [7, 11) is 8.93. The SMILES string of the molecule is CCCC(C(=O)[O-])[N+]1(C)CCc2cc(OC)c3cc2C1Cc1ccc(cc1)Oc1cc(ccc1OC)CC1c2c(cc(OC)cc2O3)CC[N+]1(C)C(CCC)C(=O)[O-]. The maximum absolute atomic E-state index is 13.1. The molecule has 0 N–H and O–H groups in total. The van der Waals surface area contributed by atoms with Gasteiger partial charge in [0.2, 0.25) is 0 Å². The third-order valence-corrected chi connectivity index (χ3v) is 13.3. The second kappa shape index (κ2) is 16.5. The number of nitrogens with zero attached hydrogens (tertiary/aromatic N) is 2. The number of rotatable bonds is 11. The van der Waals surface area contributed by atoms with Crippen LogP contribution in [0.4, 0.5) is 0 Å². The monoisotopic (exact) mass is 792 g/mol. The number of hydrogen-bond acceptors (Lipinski definition) is 9. The van der Waals surface area contributed by atoms with Crippen LogP contribution in [-0.4, -0.2) is 81.5 Å². The number of fused-ring (bicyclic) bond motifs is 2. The van der Waals surface area contributed by atoms with E-state index in [2.05, 4.69) is 0 Å². The van der Waals surface area contributed by atoms with E-state index in [1.807, 2.05) is 94.7 Å². The van der Waals surface area contributed by atoms with Crippen molar-refractivity contribution < 1.29 is 52.5 Å². The van der Waals surface area contributed by atoms with E-state index >= 15 is 0 Å². The van der Waals surface area contributed by atoms with Crippen LogP contribution in [-0.2, 0) is 35.3 Å². The third kappa shape index (κ3) is 7.46. The first-order valence-electron chi connectivity index (χ1n) is 20.5. The van der Waals surface area contributed by atoms with Crippen LogP contribution in [0.5, 0.6) is 40.2 Å². The van der Waals surface area contributed by atoms with E-state index in [1.54, 1.807) is 21.3 Å². The first-order chi connectivity index (χ1) is 27.9. The molecule has 0 aliphatic carbocycles. The minimum atomic E-state index is -1.08. The van der Waals surface area contributed by atoms with Gasteiger partial charge in [0.1, 0.15) is 41.4 Å². The highest BCUT2D eigenvalue weighted by Gasteiger charge is 2.48. The first kappa shape index (κ1) is 40.9. The zero-order valence-electron chi connectivity index (χ0n) is 34.8. The van der Waals surface area contributed by atoms with E-state index in [0.717, 1.165) is 33.4 Å². The van der Waals surface area contributed by atoms with Crippen molar-refractivity contribution in [3.63, 3.8) is 0 Å². The zero-order chi connectivity index (χ0) is 41.4. The fourth-order valence-corrected chi connectivity index (χ4v) is 10.0. The highest BCUT2D eigenvalue weighted by atomic mass is 16.5. The fourth-order valence-electron chi connectivity index (χ4n) is 10.0. The molecule has 0 radical (unpaired) electrons. The molecule has 11 heteroatoms. The van der Waals surface area contributed by atoms with Gasteiger partial charge in [-0.15, -0.1) is 0 Å². The number of likely N-dealkylation sites (N-methyl/N-ethyl adjacent to an activating group) is 2. The Labute approximate surface area is 341 Å².